The van der Waals surface area contributed by atoms with E-state index < -0.39 is 0 Å². The molecule has 0 amide bonds. The molecule has 0 bridgehead atoms. The molecule has 0 aromatic carbocycles. The lowest BCUT2D eigenvalue weighted by atomic mass is 10.3. The van der Waals surface area contributed by atoms with Crippen molar-refractivity contribution in [1.29, 1.82) is 0 Å². The van der Waals surface area contributed by atoms with E-state index in [0.717, 1.165) is 12.3 Å². The van der Waals surface area contributed by atoms with E-state index in [2.05, 4.69) is 0 Å². The lowest BCUT2D eigenvalue weighted by molar-refractivity contribution is 0.157. The molecule has 2 saturated carbocycles. The van der Waals surface area contributed by atoms with Gasteiger partial charge in [-0.3, -0.25) is 0 Å². The van der Waals surface area contributed by atoms with Gasteiger partial charge < -0.3 is 0 Å². The highest BCUT2D eigenvalue weighted by atomic mass is 16.3. The quantitative estimate of drug-likeness (QED) is 0.468. The van der Waals surface area contributed by atoms with Gasteiger partial charge in [0.1, 0.15) is 0 Å². The normalized spacial score (nSPS) is 49.3. The summed E-state index contributed by atoms with van der Waals surface area (Å²) in [4.78, 5) is 0. The van der Waals surface area contributed by atoms with Crippen molar-refractivity contribution in [2.24, 2.45) is 11.8 Å². The van der Waals surface area contributed by atoms with Gasteiger partial charge in [0, 0.05) is 0 Å². The third-order valence-electron chi connectivity index (χ3n) is 2.01. The Balaban J connectivity index is 1.88. The predicted molar refractivity (Wildman–Crippen MR) is 25.3 cm³/mol. The molecule has 0 saturated heterocycles. The minimum absolute atomic E-state index is 0.146. The van der Waals surface area contributed by atoms with Gasteiger partial charge >= 0.3 is 0 Å². The lowest BCUT2D eigenvalue weighted by Gasteiger charge is -1.80. The Morgan fingerprint density at radius 1 is 1.29 bits per heavy atom. The van der Waals surface area contributed by atoms with Crippen LogP contribution in [0.3, 0.4) is 0 Å². The second kappa shape index (κ2) is 1.03. The van der Waals surface area contributed by atoms with Crippen molar-refractivity contribution in [3.63, 3.8) is 0 Å². The summed E-state index contributed by atoms with van der Waals surface area (Å²) < 4.78 is 0. The summed E-state index contributed by atoms with van der Waals surface area (Å²) in [7, 11) is 0. The molecule has 7 heavy (non-hydrogen) atoms. The van der Waals surface area contributed by atoms with Crippen molar-refractivity contribution in [2.75, 3.05) is 0 Å². The molecule has 0 aromatic heterocycles. The van der Waals surface area contributed by atoms with E-state index in [1.807, 2.05) is 0 Å². The third kappa shape index (κ3) is 0.556. The average molecular weight is 97.1 g/mol. The molecule has 1 heteroatoms. The molecular formula is C6H9O. The lowest BCUT2D eigenvalue weighted by Crippen LogP contribution is -1.83. The molecule has 2 rings (SSSR count). The summed E-state index contributed by atoms with van der Waals surface area (Å²) >= 11 is 0. The first-order valence-electron chi connectivity index (χ1n) is 3.04. The Kier molecular flexibility index (Phi) is 0.571. The van der Waals surface area contributed by atoms with E-state index in [0.29, 0.717) is 5.92 Å². The van der Waals surface area contributed by atoms with Gasteiger partial charge in [-0.2, -0.15) is 0 Å². The average Bonchev–Trinajstić information content (AvgIpc) is 2.23. The van der Waals surface area contributed by atoms with Crippen LogP contribution in [0.25, 0.3) is 0 Å². The van der Waals surface area contributed by atoms with E-state index in [9.17, 15) is 5.11 Å². The van der Waals surface area contributed by atoms with Crippen molar-refractivity contribution >= 4 is 0 Å². The largest absolute Gasteiger partial charge is 0.233 e. The molecule has 2 fully saturated rings. The number of hydrogen-bond donors (Lipinski definition) is 0. The summed E-state index contributed by atoms with van der Waals surface area (Å²) in [6.45, 7) is 0. The molecule has 0 aromatic rings. The van der Waals surface area contributed by atoms with Gasteiger partial charge in [-0.15, -0.1) is 0 Å². The van der Waals surface area contributed by atoms with Crippen molar-refractivity contribution in [2.45, 2.75) is 25.4 Å². The van der Waals surface area contributed by atoms with Crippen molar-refractivity contribution in [3.05, 3.63) is 0 Å². The SMILES string of the molecule is [O]C1CC1C1CC1. The Bertz CT molecular complexity index is 86.2. The first-order valence-corrected chi connectivity index (χ1v) is 3.04. The molecule has 0 aliphatic heterocycles. The highest BCUT2D eigenvalue weighted by Crippen LogP contribution is 2.50. The first-order chi connectivity index (χ1) is 3.38. The summed E-state index contributed by atoms with van der Waals surface area (Å²) in [5, 5.41) is 10.5. The van der Waals surface area contributed by atoms with Gasteiger partial charge in [0.15, 0.2) is 0 Å². The maximum absolute atomic E-state index is 10.5. The van der Waals surface area contributed by atoms with E-state index in [4.69, 9.17) is 0 Å². The summed E-state index contributed by atoms with van der Waals surface area (Å²) in [5.41, 5.74) is 0. The van der Waals surface area contributed by atoms with Gasteiger partial charge in [0.2, 0.25) is 0 Å². The maximum atomic E-state index is 10.5. The zero-order chi connectivity index (χ0) is 4.85. The summed E-state index contributed by atoms with van der Waals surface area (Å²) in [5.74, 6) is 1.50. The standard InChI is InChI=1S/C6H9O/c7-6-3-5(6)4-1-2-4/h4-6H,1-3H2. The number of hydrogen-bond acceptors (Lipinski definition) is 0. The highest BCUT2D eigenvalue weighted by Gasteiger charge is 2.47. The van der Waals surface area contributed by atoms with Crippen LogP contribution in [0, 0.1) is 11.8 Å². The second-order valence-corrected chi connectivity index (χ2v) is 2.78. The monoisotopic (exact) mass is 97.1 g/mol. The summed E-state index contributed by atoms with van der Waals surface area (Å²) in [6.07, 6.45) is 3.55. The van der Waals surface area contributed by atoms with Gasteiger partial charge in [0.05, 0.1) is 6.10 Å². The van der Waals surface area contributed by atoms with Gasteiger partial charge in [-0.05, 0) is 31.1 Å². The molecular weight excluding hydrogens is 88.1 g/mol. The molecule has 2 atom stereocenters. The van der Waals surface area contributed by atoms with Gasteiger partial charge in [-0.1, -0.05) is 0 Å². The van der Waals surface area contributed by atoms with Crippen LogP contribution in [-0.2, 0) is 5.11 Å². The van der Waals surface area contributed by atoms with Crippen LogP contribution in [0.2, 0.25) is 0 Å². The predicted octanol–water partition coefficient (Wildman–Crippen LogP) is 1.22. The fraction of sp³-hybridized carbons (Fsp3) is 1.00. The van der Waals surface area contributed by atoms with Crippen LogP contribution in [0.15, 0.2) is 0 Å². The molecule has 2 unspecified atom stereocenters. The van der Waals surface area contributed by atoms with Crippen LogP contribution in [0.4, 0.5) is 0 Å². The van der Waals surface area contributed by atoms with E-state index in [-0.39, 0.29) is 6.10 Å². The first kappa shape index (κ1) is 3.90. The minimum atomic E-state index is -0.146. The van der Waals surface area contributed by atoms with Crippen LogP contribution < -0.4 is 0 Å². The van der Waals surface area contributed by atoms with Crippen molar-refractivity contribution < 1.29 is 5.11 Å². The van der Waals surface area contributed by atoms with E-state index in [1.165, 1.54) is 12.8 Å². The van der Waals surface area contributed by atoms with Crippen molar-refractivity contribution in [3.8, 4) is 0 Å². The van der Waals surface area contributed by atoms with E-state index in [1.54, 1.807) is 0 Å². The van der Waals surface area contributed by atoms with Crippen molar-refractivity contribution in [1.82, 2.24) is 0 Å². The third-order valence-corrected chi connectivity index (χ3v) is 2.01. The zero-order valence-electron chi connectivity index (χ0n) is 4.26. The Morgan fingerprint density at radius 3 is 2.00 bits per heavy atom. The minimum Gasteiger partial charge on any atom is -0.233 e. The zero-order valence-corrected chi connectivity index (χ0v) is 4.26. The molecule has 2 aliphatic rings. The fourth-order valence-corrected chi connectivity index (χ4v) is 1.21. The topological polar surface area (TPSA) is 19.9 Å². The van der Waals surface area contributed by atoms with Crippen LogP contribution >= 0.6 is 0 Å². The smallest absolute Gasteiger partial charge is 0.0965 e. The molecule has 0 N–H and O–H groups in total. The Labute approximate surface area is 43.3 Å². The van der Waals surface area contributed by atoms with Crippen LogP contribution in [0.5, 0.6) is 0 Å². The Morgan fingerprint density at radius 2 is 1.86 bits per heavy atom. The van der Waals surface area contributed by atoms with Gasteiger partial charge in [-0.25, -0.2) is 5.11 Å². The Hall–Kier alpha value is -0.0400. The van der Waals surface area contributed by atoms with Crippen LogP contribution in [-0.4, -0.2) is 6.10 Å². The van der Waals surface area contributed by atoms with Gasteiger partial charge in [0.25, 0.3) is 0 Å². The second-order valence-electron chi connectivity index (χ2n) is 2.78. The number of rotatable bonds is 1. The molecule has 0 spiro atoms. The molecule has 1 radical (unpaired) electrons. The van der Waals surface area contributed by atoms with E-state index >= 15 is 0 Å². The summed E-state index contributed by atoms with van der Waals surface area (Å²) in [6, 6.07) is 0. The molecule has 39 valence electrons. The highest BCUT2D eigenvalue weighted by molar-refractivity contribution is 4.96. The van der Waals surface area contributed by atoms with Crippen LogP contribution in [0.1, 0.15) is 19.3 Å². The molecule has 2 aliphatic carbocycles. The molecule has 1 nitrogen and oxygen atoms in total. The fourth-order valence-electron chi connectivity index (χ4n) is 1.21. The molecule has 0 heterocycles. The maximum Gasteiger partial charge on any atom is 0.0965 e.